The number of hydrogen-bond acceptors (Lipinski definition) is 8. The van der Waals surface area contributed by atoms with E-state index in [2.05, 4.69) is 16.0 Å². The molecule has 4 amide bonds. The molecule has 2 aromatic rings. The fourth-order valence-electron chi connectivity index (χ4n) is 5.87. The molecule has 0 aliphatic carbocycles. The van der Waals surface area contributed by atoms with Gasteiger partial charge in [-0.1, -0.05) is 60.7 Å². The second-order valence-electron chi connectivity index (χ2n) is 12.9. The Balaban J connectivity index is 1.77. The zero-order valence-corrected chi connectivity index (χ0v) is 28.5. The SMILES string of the molecule is NCCCCC(NC(=O)C(CCCCF)NC(=O)C(Cc1ccccc1)NC(=O)C(N)Cc1ccccc1)C(=O)N1CCC(N)(C(=O)O)CC1. The number of likely N-dealkylation sites (tertiary alicyclic amines) is 1. The van der Waals surface area contributed by atoms with E-state index in [9.17, 15) is 33.5 Å². The van der Waals surface area contributed by atoms with E-state index in [1.54, 1.807) is 12.1 Å². The van der Waals surface area contributed by atoms with E-state index in [-0.39, 0.29) is 64.5 Å². The summed E-state index contributed by atoms with van der Waals surface area (Å²) in [6, 6.07) is 14.1. The van der Waals surface area contributed by atoms with Crippen LogP contribution in [-0.4, -0.2) is 95.6 Å². The van der Waals surface area contributed by atoms with Gasteiger partial charge < -0.3 is 43.2 Å². The lowest BCUT2D eigenvalue weighted by Crippen LogP contribution is -2.60. The third kappa shape index (κ3) is 12.5. The van der Waals surface area contributed by atoms with Gasteiger partial charge in [0.15, 0.2) is 0 Å². The molecular weight excluding hydrogens is 645 g/mol. The minimum atomic E-state index is -1.43. The van der Waals surface area contributed by atoms with Crippen LogP contribution in [0.3, 0.4) is 0 Å². The van der Waals surface area contributed by atoms with Gasteiger partial charge in [-0.15, -0.1) is 0 Å². The summed E-state index contributed by atoms with van der Waals surface area (Å²) >= 11 is 0. The first-order chi connectivity index (χ1) is 24.0. The van der Waals surface area contributed by atoms with Crippen molar-refractivity contribution in [2.75, 3.05) is 26.3 Å². The number of aliphatic carboxylic acids is 1. The van der Waals surface area contributed by atoms with Crippen LogP contribution in [0.2, 0.25) is 0 Å². The van der Waals surface area contributed by atoms with Gasteiger partial charge >= 0.3 is 5.97 Å². The number of carboxylic acid groups (broad SMARTS) is 1. The van der Waals surface area contributed by atoms with Crippen molar-refractivity contribution in [3.63, 3.8) is 0 Å². The number of hydrogen-bond donors (Lipinski definition) is 7. The fraction of sp³-hybridized carbons (Fsp3) is 0.528. The van der Waals surface area contributed by atoms with Crippen molar-refractivity contribution in [2.24, 2.45) is 17.2 Å². The molecule has 1 fully saturated rings. The number of nitrogens with two attached hydrogens (primary N) is 3. The Morgan fingerprint density at radius 3 is 1.80 bits per heavy atom. The minimum absolute atomic E-state index is 0.0585. The molecule has 2 aromatic carbocycles. The summed E-state index contributed by atoms with van der Waals surface area (Å²) in [6.45, 7) is -0.00953. The maximum absolute atomic E-state index is 13.8. The molecule has 0 saturated carbocycles. The standard InChI is InChI=1S/C36H52FN7O6/c37-19-9-7-15-28(32(46)42-29(16-8-10-20-38)34(48)44-21-17-36(40,18-22-44)35(49)50)41-33(47)30(24-26-13-5-2-6-14-26)43-31(45)27(39)23-25-11-3-1-4-12-25/h1-6,11-14,27-30H,7-10,15-24,38-40H2,(H,41,47)(H,42,46)(H,43,45)(H,49,50). The molecule has 1 heterocycles. The lowest BCUT2D eigenvalue weighted by Gasteiger charge is -2.38. The van der Waals surface area contributed by atoms with E-state index in [1.165, 1.54) is 4.90 Å². The smallest absolute Gasteiger partial charge is 0.323 e. The number of amides is 4. The quantitative estimate of drug-likeness (QED) is 0.0977. The number of unbranched alkanes of at least 4 members (excludes halogenated alkanes) is 2. The Hall–Kier alpha value is -4.40. The zero-order valence-electron chi connectivity index (χ0n) is 28.5. The average molecular weight is 698 g/mol. The molecule has 0 bridgehead atoms. The van der Waals surface area contributed by atoms with E-state index in [0.29, 0.717) is 19.4 Å². The third-order valence-corrected chi connectivity index (χ3v) is 9.02. The lowest BCUT2D eigenvalue weighted by atomic mass is 9.88. The monoisotopic (exact) mass is 697 g/mol. The molecule has 0 aromatic heterocycles. The summed E-state index contributed by atoms with van der Waals surface area (Å²) in [4.78, 5) is 67.6. The third-order valence-electron chi connectivity index (χ3n) is 9.02. The number of rotatable bonds is 20. The van der Waals surface area contributed by atoms with Crippen LogP contribution in [-0.2, 0) is 36.8 Å². The summed E-state index contributed by atoms with van der Waals surface area (Å²) < 4.78 is 13.1. The van der Waals surface area contributed by atoms with E-state index in [1.807, 2.05) is 48.5 Å². The molecule has 0 radical (unpaired) electrons. The van der Waals surface area contributed by atoms with E-state index < -0.39 is 66.0 Å². The number of carboxylic acids is 1. The molecule has 274 valence electrons. The molecule has 3 rings (SSSR count). The lowest BCUT2D eigenvalue weighted by molar-refractivity contribution is -0.148. The van der Waals surface area contributed by atoms with Crippen molar-refractivity contribution in [3.05, 3.63) is 71.8 Å². The summed E-state index contributed by atoms with van der Waals surface area (Å²) in [5, 5.41) is 17.8. The van der Waals surface area contributed by atoms with Crippen molar-refractivity contribution >= 4 is 29.6 Å². The minimum Gasteiger partial charge on any atom is -0.480 e. The van der Waals surface area contributed by atoms with Crippen molar-refractivity contribution < 1.29 is 33.5 Å². The van der Waals surface area contributed by atoms with Crippen LogP contribution in [0.4, 0.5) is 4.39 Å². The van der Waals surface area contributed by atoms with Crippen molar-refractivity contribution in [1.82, 2.24) is 20.9 Å². The van der Waals surface area contributed by atoms with Gasteiger partial charge in [0.25, 0.3) is 0 Å². The van der Waals surface area contributed by atoms with Gasteiger partial charge in [-0.3, -0.25) is 28.4 Å². The molecule has 10 N–H and O–H groups in total. The summed E-state index contributed by atoms with van der Waals surface area (Å²) in [5.74, 6) is -3.34. The van der Waals surface area contributed by atoms with Crippen LogP contribution in [0.25, 0.3) is 0 Å². The highest BCUT2D eigenvalue weighted by Gasteiger charge is 2.40. The molecule has 1 saturated heterocycles. The number of benzene rings is 2. The maximum Gasteiger partial charge on any atom is 0.323 e. The topological polar surface area (TPSA) is 223 Å². The first kappa shape index (κ1) is 40.0. The highest BCUT2D eigenvalue weighted by molar-refractivity contribution is 5.95. The summed E-state index contributed by atoms with van der Waals surface area (Å²) in [7, 11) is 0. The first-order valence-corrected chi connectivity index (χ1v) is 17.3. The Labute approximate surface area is 292 Å². The van der Waals surface area contributed by atoms with E-state index >= 15 is 0 Å². The van der Waals surface area contributed by atoms with Crippen LogP contribution in [0.1, 0.15) is 62.5 Å². The maximum atomic E-state index is 13.8. The summed E-state index contributed by atoms with van der Waals surface area (Å²) in [5.41, 5.74) is 18.1. The Morgan fingerprint density at radius 2 is 1.24 bits per heavy atom. The molecule has 1 aliphatic rings. The van der Waals surface area contributed by atoms with Crippen molar-refractivity contribution in [1.29, 1.82) is 0 Å². The number of alkyl halides is 1. The highest BCUT2D eigenvalue weighted by atomic mass is 19.1. The Bertz CT molecular complexity index is 1390. The number of carbonyl (C=O) groups is 5. The van der Waals surface area contributed by atoms with Gasteiger partial charge in [0.05, 0.1) is 12.7 Å². The van der Waals surface area contributed by atoms with Gasteiger partial charge in [0.2, 0.25) is 23.6 Å². The van der Waals surface area contributed by atoms with Crippen LogP contribution in [0, 0.1) is 0 Å². The van der Waals surface area contributed by atoms with Gasteiger partial charge in [0, 0.05) is 19.5 Å². The number of carbonyl (C=O) groups excluding carboxylic acids is 4. The predicted octanol–water partition coefficient (Wildman–Crippen LogP) is 0.927. The first-order valence-electron chi connectivity index (χ1n) is 17.3. The van der Waals surface area contributed by atoms with Gasteiger partial charge in [-0.05, 0) is 75.5 Å². The average Bonchev–Trinajstić information content (AvgIpc) is 3.11. The van der Waals surface area contributed by atoms with Crippen LogP contribution >= 0.6 is 0 Å². The molecule has 4 atom stereocenters. The second kappa shape index (κ2) is 20.3. The Morgan fingerprint density at radius 1 is 0.740 bits per heavy atom. The van der Waals surface area contributed by atoms with E-state index in [0.717, 1.165) is 11.1 Å². The molecule has 14 heteroatoms. The summed E-state index contributed by atoms with van der Waals surface area (Å²) in [6.07, 6.45) is 2.41. The second-order valence-corrected chi connectivity index (χ2v) is 12.9. The number of nitrogens with zero attached hydrogens (tertiary/aromatic N) is 1. The fourth-order valence-corrected chi connectivity index (χ4v) is 5.87. The number of nitrogens with one attached hydrogen (secondary N) is 3. The van der Waals surface area contributed by atoms with E-state index in [4.69, 9.17) is 17.2 Å². The number of halogens is 1. The van der Waals surface area contributed by atoms with Crippen LogP contribution < -0.4 is 33.2 Å². The predicted molar refractivity (Wildman–Crippen MR) is 187 cm³/mol. The van der Waals surface area contributed by atoms with Gasteiger partial charge in [0.1, 0.15) is 23.7 Å². The van der Waals surface area contributed by atoms with Gasteiger partial charge in [-0.25, -0.2) is 0 Å². The van der Waals surface area contributed by atoms with Crippen LogP contribution in [0.15, 0.2) is 60.7 Å². The molecule has 50 heavy (non-hydrogen) atoms. The largest absolute Gasteiger partial charge is 0.480 e. The molecule has 13 nitrogen and oxygen atoms in total. The normalized spacial score (nSPS) is 16.4. The zero-order chi connectivity index (χ0) is 36.5. The van der Waals surface area contributed by atoms with Crippen molar-refractivity contribution in [3.8, 4) is 0 Å². The molecule has 1 aliphatic heterocycles. The van der Waals surface area contributed by atoms with Crippen molar-refractivity contribution in [2.45, 2.75) is 93.9 Å². The Kier molecular flexibility index (Phi) is 16.3. The number of piperidine rings is 1. The molecular formula is C36H52FN7O6. The molecule has 4 unspecified atom stereocenters. The molecule has 0 spiro atoms. The highest BCUT2D eigenvalue weighted by Crippen LogP contribution is 2.21. The van der Waals surface area contributed by atoms with Gasteiger partial charge in [-0.2, -0.15) is 0 Å². The van der Waals surface area contributed by atoms with Crippen LogP contribution in [0.5, 0.6) is 0 Å².